The standard InChI is InChI=1S/C16H23N3O2/c1-4-15(17)14(12-20)16(21)19(11-10-18(2)3)13-8-6-5-7-9-13/h5-9,12H,4,10-11,17H2,1-3H3/b15-14-. The molecule has 21 heavy (non-hydrogen) atoms. The number of anilines is 1. The van der Waals surface area contributed by atoms with Crippen molar-refractivity contribution in [2.75, 3.05) is 32.1 Å². The minimum atomic E-state index is -0.350. The zero-order valence-electron chi connectivity index (χ0n) is 12.9. The molecule has 0 bridgehead atoms. The zero-order chi connectivity index (χ0) is 15.8. The summed E-state index contributed by atoms with van der Waals surface area (Å²) in [6, 6.07) is 9.29. The number of hydrogen-bond acceptors (Lipinski definition) is 4. The first-order valence-corrected chi connectivity index (χ1v) is 6.96. The number of para-hydroxylation sites is 1. The van der Waals surface area contributed by atoms with E-state index in [0.717, 1.165) is 5.69 Å². The number of hydrogen-bond donors (Lipinski definition) is 1. The first-order chi connectivity index (χ1) is 10.0. The van der Waals surface area contributed by atoms with Crippen molar-refractivity contribution in [1.82, 2.24) is 4.90 Å². The Labute approximate surface area is 126 Å². The highest BCUT2D eigenvalue weighted by Gasteiger charge is 2.21. The highest BCUT2D eigenvalue weighted by molar-refractivity contribution is 6.18. The van der Waals surface area contributed by atoms with Crippen molar-refractivity contribution in [3.8, 4) is 0 Å². The van der Waals surface area contributed by atoms with Gasteiger partial charge in [-0.2, -0.15) is 0 Å². The molecule has 0 saturated carbocycles. The fraction of sp³-hybridized carbons (Fsp3) is 0.375. The number of nitrogens with two attached hydrogens (primary N) is 1. The third kappa shape index (κ3) is 4.72. The van der Waals surface area contributed by atoms with Gasteiger partial charge in [-0.05, 0) is 32.6 Å². The summed E-state index contributed by atoms with van der Waals surface area (Å²) in [5, 5.41) is 0. The third-order valence-corrected chi connectivity index (χ3v) is 3.16. The van der Waals surface area contributed by atoms with E-state index in [0.29, 0.717) is 31.5 Å². The molecule has 0 fully saturated rings. The van der Waals surface area contributed by atoms with Gasteiger partial charge in [-0.1, -0.05) is 25.1 Å². The molecule has 1 amide bonds. The van der Waals surface area contributed by atoms with Gasteiger partial charge in [-0.25, -0.2) is 0 Å². The second-order valence-corrected chi connectivity index (χ2v) is 5.01. The van der Waals surface area contributed by atoms with Gasteiger partial charge in [0.1, 0.15) is 0 Å². The van der Waals surface area contributed by atoms with Crippen LogP contribution in [-0.4, -0.2) is 44.3 Å². The molecule has 1 rings (SSSR count). The van der Waals surface area contributed by atoms with Gasteiger partial charge in [0.15, 0.2) is 6.29 Å². The molecule has 0 unspecified atom stereocenters. The molecular weight excluding hydrogens is 266 g/mol. The van der Waals surface area contributed by atoms with Crippen molar-refractivity contribution >= 4 is 17.9 Å². The van der Waals surface area contributed by atoms with Gasteiger partial charge in [-0.3, -0.25) is 9.59 Å². The second kappa shape index (κ2) is 8.21. The fourth-order valence-electron chi connectivity index (χ4n) is 1.86. The van der Waals surface area contributed by atoms with Gasteiger partial charge >= 0.3 is 0 Å². The molecule has 0 spiro atoms. The van der Waals surface area contributed by atoms with E-state index in [1.54, 1.807) is 4.90 Å². The van der Waals surface area contributed by atoms with E-state index in [9.17, 15) is 9.59 Å². The van der Waals surface area contributed by atoms with E-state index in [4.69, 9.17) is 5.73 Å². The molecule has 0 aromatic heterocycles. The Morgan fingerprint density at radius 2 is 1.81 bits per heavy atom. The summed E-state index contributed by atoms with van der Waals surface area (Å²) < 4.78 is 0. The molecule has 0 aliphatic rings. The highest BCUT2D eigenvalue weighted by atomic mass is 16.2. The summed E-state index contributed by atoms with van der Waals surface area (Å²) in [7, 11) is 3.87. The van der Waals surface area contributed by atoms with Crippen LogP contribution in [0.2, 0.25) is 0 Å². The molecule has 0 saturated heterocycles. The van der Waals surface area contributed by atoms with Crippen LogP contribution in [0.3, 0.4) is 0 Å². The Hall–Kier alpha value is -2.14. The summed E-state index contributed by atoms with van der Waals surface area (Å²) in [6.45, 7) is 3.00. The smallest absolute Gasteiger partial charge is 0.263 e. The Balaban J connectivity index is 3.12. The maximum absolute atomic E-state index is 12.6. The van der Waals surface area contributed by atoms with Crippen LogP contribution in [0.5, 0.6) is 0 Å². The molecule has 0 heterocycles. The van der Waals surface area contributed by atoms with E-state index < -0.39 is 0 Å². The Bertz CT molecular complexity index is 510. The minimum Gasteiger partial charge on any atom is -0.401 e. The number of nitrogens with zero attached hydrogens (tertiary/aromatic N) is 2. The highest BCUT2D eigenvalue weighted by Crippen LogP contribution is 2.16. The van der Waals surface area contributed by atoms with Crippen molar-refractivity contribution in [3.63, 3.8) is 0 Å². The SMILES string of the molecule is CC/C(N)=C(\C=O)C(=O)N(CCN(C)C)c1ccccc1. The molecule has 0 radical (unpaired) electrons. The molecule has 2 N–H and O–H groups in total. The van der Waals surface area contributed by atoms with Crippen molar-refractivity contribution in [2.24, 2.45) is 5.73 Å². The topological polar surface area (TPSA) is 66.6 Å². The molecule has 0 aliphatic carbocycles. The number of allylic oxidation sites excluding steroid dienone is 1. The first kappa shape index (κ1) is 16.9. The fourth-order valence-corrected chi connectivity index (χ4v) is 1.86. The van der Waals surface area contributed by atoms with E-state index >= 15 is 0 Å². The van der Waals surface area contributed by atoms with Crippen LogP contribution in [0.15, 0.2) is 41.6 Å². The quantitative estimate of drug-likeness (QED) is 0.357. The van der Waals surface area contributed by atoms with Gasteiger partial charge in [0.2, 0.25) is 0 Å². The molecule has 114 valence electrons. The van der Waals surface area contributed by atoms with Gasteiger partial charge in [-0.15, -0.1) is 0 Å². The summed E-state index contributed by atoms with van der Waals surface area (Å²) in [5.74, 6) is -0.350. The Morgan fingerprint density at radius 3 is 2.29 bits per heavy atom. The van der Waals surface area contributed by atoms with E-state index in [1.807, 2.05) is 56.3 Å². The van der Waals surface area contributed by atoms with E-state index in [2.05, 4.69) is 0 Å². The second-order valence-electron chi connectivity index (χ2n) is 5.01. The van der Waals surface area contributed by atoms with Crippen LogP contribution in [-0.2, 0) is 9.59 Å². The van der Waals surface area contributed by atoms with E-state index in [1.165, 1.54) is 0 Å². The lowest BCUT2D eigenvalue weighted by Gasteiger charge is -2.25. The van der Waals surface area contributed by atoms with Gasteiger partial charge in [0.05, 0.1) is 5.57 Å². The van der Waals surface area contributed by atoms with Crippen molar-refractivity contribution in [1.29, 1.82) is 0 Å². The molecular formula is C16H23N3O2. The summed E-state index contributed by atoms with van der Waals surface area (Å²) in [5.41, 5.74) is 6.91. The molecule has 0 atom stereocenters. The molecule has 0 aliphatic heterocycles. The van der Waals surface area contributed by atoms with Gasteiger partial charge in [0, 0.05) is 24.5 Å². The minimum absolute atomic E-state index is 0.0418. The van der Waals surface area contributed by atoms with Crippen molar-refractivity contribution in [3.05, 3.63) is 41.6 Å². The maximum atomic E-state index is 12.6. The van der Waals surface area contributed by atoms with Crippen LogP contribution >= 0.6 is 0 Å². The normalized spacial score (nSPS) is 12.0. The Morgan fingerprint density at radius 1 is 1.19 bits per heavy atom. The van der Waals surface area contributed by atoms with Crippen molar-refractivity contribution < 1.29 is 9.59 Å². The number of aldehydes is 1. The summed E-state index contributed by atoms with van der Waals surface area (Å²) >= 11 is 0. The van der Waals surface area contributed by atoms with Crippen molar-refractivity contribution in [2.45, 2.75) is 13.3 Å². The summed E-state index contributed by atoms with van der Waals surface area (Å²) in [4.78, 5) is 27.4. The lowest BCUT2D eigenvalue weighted by Crippen LogP contribution is -2.38. The number of benzene rings is 1. The van der Waals surface area contributed by atoms with Crippen LogP contribution in [0.4, 0.5) is 5.69 Å². The number of rotatable bonds is 7. The van der Waals surface area contributed by atoms with Crippen LogP contribution < -0.4 is 10.6 Å². The number of carbonyl (C=O) groups is 2. The zero-order valence-corrected chi connectivity index (χ0v) is 12.9. The maximum Gasteiger partial charge on any atom is 0.263 e. The number of amides is 1. The van der Waals surface area contributed by atoms with Crippen LogP contribution in [0.25, 0.3) is 0 Å². The number of carbonyl (C=O) groups excluding carboxylic acids is 2. The molecule has 5 nitrogen and oxygen atoms in total. The predicted octanol–water partition coefficient (Wildman–Crippen LogP) is 1.40. The van der Waals surface area contributed by atoms with Gasteiger partial charge < -0.3 is 15.5 Å². The predicted molar refractivity (Wildman–Crippen MR) is 84.9 cm³/mol. The average molecular weight is 289 g/mol. The molecule has 5 heteroatoms. The Kier molecular flexibility index (Phi) is 6.62. The van der Waals surface area contributed by atoms with Crippen LogP contribution in [0, 0.1) is 0 Å². The molecule has 1 aromatic rings. The number of likely N-dealkylation sites (N-methyl/N-ethyl adjacent to an activating group) is 1. The van der Waals surface area contributed by atoms with Crippen LogP contribution in [0.1, 0.15) is 13.3 Å². The monoisotopic (exact) mass is 289 g/mol. The van der Waals surface area contributed by atoms with E-state index in [-0.39, 0.29) is 11.5 Å². The molecule has 1 aromatic carbocycles. The lowest BCUT2D eigenvalue weighted by atomic mass is 10.1. The summed E-state index contributed by atoms with van der Waals surface area (Å²) in [6.07, 6.45) is 1.02. The lowest BCUT2D eigenvalue weighted by molar-refractivity contribution is -0.117. The first-order valence-electron chi connectivity index (χ1n) is 6.96. The third-order valence-electron chi connectivity index (χ3n) is 3.16. The average Bonchev–Trinajstić information content (AvgIpc) is 2.48. The van der Waals surface area contributed by atoms with Gasteiger partial charge in [0.25, 0.3) is 5.91 Å². The largest absolute Gasteiger partial charge is 0.401 e.